The molecular weight excluding hydrogens is 301 g/mol. The summed E-state index contributed by atoms with van der Waals surface area (Å²) in [5, 5.41) is 2.65. The fourth-order valence-electron chi connectivity index (χ4n) is 1.57. The highest BCUT2D eigenvalue weighted by molar-refractivity contribution is 9.10. The largest absolute Gasteiger partial charge is 0.469 e. The van der Waals surface area contributed by atoms with E-state index in [9.17, 15) is 9.18 Å². The molecule has 2 rings (SSSR count). The molecule has 94 valence electrons. The minimum Gasteiger partial charge on any atom is -0.469 e. The van der Waals surface area contributed by atoms with Crippen molar-refractivity contribution in [1.29, 1.82) is 0 Å². The molecule has 0 aliphatic rings. The van der Waals surface area contributed by atoms with Crippen LogP contribution in [0.25, 0.3) is 0 Å². The third-order valence-corrected chi connectivity index (χ3v) is 3.04. The fraction of sp³-hybridized carbons (Fsp3) is 0.154. The van der Waals surface area contributed by atoms with Crippen molar-refractivity contribution < 1.29 is 13.6 Å². The van der Waals surface area contributed by atoms with Gasteiger partial charge in [-0.25, -0.2) is 4.39 Å². The van der Waals surface area contributed by atoms with E-state index in [4.69, 9.17) is 4.42 Å². The topological polar surface area (TPSA) is 42.2 Å². The highest BCUT2D eigenvalue weighted by Crippen LogP contribution is 2.16. The van der Waals surface area contributed by atoms with Gasteiger partial charge in [0.15, 0.2) is 0 Å². The normalized spacial score (nSPS) is 10.4. The quantitative estimate of drug-likeness (QED) is 0.943. The average molecular weight is 312 g/mol. The maximum absolute atomic E-state index is 13.5. The lowest BCUT2D eigenvalue weighted by atomic mass is 10.2. The standard InChI is InChI=1S/C13H11BrFNO2/c1-8-11(4-5-18-8)13(17)16-7-9-6-10(14)2-3-12(9)15/h2-6H,7H2,1H3,(H,16,17). The van der Waals surface area contributed by atoms with Crippen molar-refractivity contribution in [1.82, 2.24) is 5.32 Å². The molecule has 1 aromatic heterocycles. The van der Waals surface area contributed by atoms with Crippen LogP contribution in [-0.4, -0.2) is 5.91 Å². The highest BCUT2D eigenvalue weighted by atomic mass is 79.9. The van der Waals surface area contributed by atoms with E-state index < -0.39 is 0 Å². The number of nitrogens with one attached hydrogen (secondary N) is 1. The van der Waals surface area contributed by atoms with E-state index in [1.54, 1.807) is 25.1 Å². The zero-order valence-electron chi connectivity index (χ0n) is 9.67. The van der Waals surface area contributed by atoms with Gasteiger partial charge in [-0.3, -0.25) is 4.79 Å². The summed E-state index contributed by atoms with van der Waals surface area (Å²) in [5.41, 5.74) is 0.893. The zero-order valence-corrected chi connectivity index (χ0v) is 11.3. The van der Waals surface area contributed by atoms with E-state index in [1.165, 1.54) is 12.3 Å². The van der Waals surface area contributed by atoms with Crippen LogP contribution in [0.3, 0.4) is 0 Å². The van der Waals surface area contributed by atoms with Gasteiger partial charge in [0.2, 0.25) is 0 Å². The Morgan fingerprint density at radius 2 is 2.22 bits per heavy atom. The van der Waals surface area contributed by atoms with Gasteiger partial charge >= 0.3 is 0 Å². The molecule has 3 nitrogen and oxygen atoms in total. The predicted molar refractivity (Wildman–Crippen MR) is 68.7 cm³/mol. The highest BCUT2D eigenvalue weighted by Gasteiger charge is 2.11. The van der Waals surface area contributed by atoms with Crippen LogP contribution in [-0.2, 0) is 6.54 Å². The molecule has 18 heavy (non-hydrogen) atoms. The Morgan fingerprint density at radius 3 is 2.89 bits per heavy atom. The van der Waals surface area contributed by atoms with Crippen LogP contribution in [0.5, 0.6) is 0 Å². The first kappa shape index (κ1) is 12.8. The third kappa shape index (κ3) is 2.79. The maximum Gasteiger partial charge on any atom is 0.255 e. The van der Waals surface area contributed by atoms with Crippen LogP contribution in [0.15, 0.2) is 39.4 Å². The van der Waals surface area contributed by atoms with Crippen LogP contribution in [0.2, 0.25) is 0 Å². The Bertz CT molecular complexity index is 580. The molecule has 0 bridgehead atoms. The van der Waals surface area contributed by atoms with Crippen LogP contribution in [0, 0.1) is 12.7 Å². The number of hydrogen-bond donors (Lipinski definition) is 1. The minimum absolute atomic E-state index is 0.134. The molecule has 0 saturated carbocycles. The summed E-state index contributed by atoms with van der Waals surface area (Å²) in [6.45, 7) is 1.84. The lowest BCUT2D eigenvalue weighted by Gasteiger charge is -2.06. The molecule has 1 amide bonds. The van der Waals surface area contributed by atoms with E-state index in [0.717, 1.165) is 4.47 Å². The second-order valence-electron chi connectivity index (χ2n) is 3.81. The molecule has 0 aliphatic heterocycles. The molecule has 0 atom stereocenters. The first-order valence-corrected chi connectivity index (χ1v) is 6.13. The Morgan fingerprint density at radius 1 is 1.44 bits per heavy atom. The van der Waals surface area contributed by atoms with Crippen LogP contribution >= 0.6 is 15.9 Å². The first-order chi connectivity index (χ1) is 8.58. The lowest BCUT2D eigenvalue weighted by molar-refractivity contribution is 0.0949. The molecule has 0 unspecified atom stereocenters. The molecule has 1 heterocycles. The Balaban J connectivity index is 2.06. The minimum atomic E-state index is -0.345. The van der Waals surface area contributed by atoms with Crippen LogP contribution in [0.1, 0.15) is 21.7 Å². The van der Waals surface area contributed by atoms with Gasteiger partial charge in [-0.1, -0.05) is 15.9 Å². The van der Waals surface area contributed by atoms with E-state index in [-0.39, 0.29) is 18.3 Å². The molecule has 1 aromatic carbocycles. The summed E-state index contributed by atoms with van der Waals surface area (Å²) >= 11 is 3.26. The smallest absolute Gasteiger partial charge is 0.255 e. The van der Waals surface area contributed by atoms with Crippen molar-refractivity contribution in [2.45, 2.75) is 13.5 Å². The third-order valence-electron chi connectivity index (χ3n) is 2.55. The van der Waals surface area contributed by atoms with Gasteiger partial charge in [-0.05, 0) is 31.2 Å². The number of halogens is 2. The van der Waals surface area contributed by atoms with Crippen molar-refractivity contribution in [3.05, 3.63) is 57.7 Å². The molecule has 2 aromatic rings. The van der Waals surface area contributed by atoms with E-state index in [0.29, 0.717) is 16.9 Å². The summed E-state index contributed by atoms with van der Waals surface area (Å²) < 4.78 is 19.3. The molecule has 0 aliphatic carbocycles. The molecule has 5 heteroatoms. The summed E-state index contributed by atoms with van der Waals surface area (Å²) in [6, 6.07) is 6.19. The number of hydrogen-bond acceptors (Lipinski definition) is 2. The summed E-state index contributed by atoms with van der Waals surface area (Å²) in [6.07, 6.45) is 1.45. The van der Waals surface area contributed by atoms with Gasteiger partial charge in [0.05, 0.1) is 11.8 Å². The summed E-state index contributed by atoms with van der Waals surface area (Å²) in [4.78, 5) is 11.8. The Labute approximate surface area is 112 Å². The molecule has 1 N–H and O–H groups in total. The van der Waals surface area contributed by atoms with Crippen molar-refractivity contribution in [3.8, 4) is 0 Å². The van der Waals surface area contributed by atoms with E-state index in [2.05, 4.69) is 21.2 Å². The second kappa shape index (κ2) is 5.35. The molecule has 0 fully saturated rings. The predicted octanol–water partition coefficient (Wildman–Crippen LogP) is 3.42. The van der Waals surface area contributed by atoms with E-state index in [1.807, 2.05) is 0 Å². The number of furan rings is 1. The number of aryl methyl sites for hydroxylation is 1. The van der Waals surface area contributed by atoms with Crippen molar-refractivity contribution in [3.63, 3.8) is 0 Å². The number of benzene rings is 1. The van der Waals surface area contributed by atoms with Gasteiger partial charge in [0, 0.05) is 16.6 Å². The fourth-order valence-corrected chi connectivity index (χ4v) is 1.98. The molecule has 0 spiro atoms. The van der Waals surface area contributed by atoms with Crippen LogP contribution < -0.4 is 5.32 Å². The van der Waals surface area contributed by atoms with Gasteiger partial charge < -0.3 is 9.73 Å². The summed E-state index contributed by atoms with van der Waals surface area (Å²) in [5.74, 6) is -0.0785. The first-order valence-electron chi connectivity index (χ1n) is 5.34. The monoisotopic (exact) mass is 311 g/mol. The van der Waals surface area contributed by atoms with Gasteiger partial charge in [0.25, 0.3) is 5.91 Å². The molecule has 0 radical (unpaired) electrons. The van der Waals surface area contributed by atoms with Crippen molar-refractivity contribution in [2.24, 2.45) is 0 Å². The second-order valence-corrected chi connectivity index (χ2v) is 4.72. The lowest BCUT2D eigenvalue weighted by Crippen LogP contribution is -2.23. The Hall–Kier alpha value is -1.62. The number of carbonyl (C=O) groups is 1. The van der Waals surface area contributed by atoms with Gasteiger partial charge in [-0.15, -0.1) is 0 Å². The zero-order chi connectivity index (χ0) is 13.1. The van der Waals surface area contributed by atoms with Crippen molar-refractivity contribution in [2.75, 3.05) is 0 Å². The Kier molecular flexibility index (Phi) is 3.81. The number of rotatable bonds is 3. The van der Waals surface area contributed by atoms with Crippen LogP contribution in [0.4, 0.5) is 4.39 Å². The van der Waals surface area contributed by atoms with Crippen molar-refractivity contribution >= 4 is 21.8 Å². The molecular formula is C13H11BrFNO2. The van der Waals surface area contributed by atoms with Gasteiger partial charge in [0.1, 0.15) is 11.6 Å². The molecule has 0 saturated heterocycles. The average Bonchev–Trinajstić information content (AvgIpc) is 2.76. The van der Waals surface area contributed by atoms with Gasteiger partial charge in [-0.2, -0.15) is 0 Å². The number of carbonyl (C=O) groups excluding carboxylic acids is 1. The maximum atomic E-state index is 13.5. The SMILES string of the molecule is Cc1occc1C(=O)NCc1cc(Br)ccc1F. The van der Waals surface area contributed by atoms with E-state index >= 15 is 0 Å². The number of amides is 1. The summed E-state index contributed by atoms with van der Waals surface area (Å²) in [7, 11) is 0.